The fraction of sp³-hybridized carbons (Fsp3) is 0.500. The molecule has 0 fully saturated rings. The van der Waals surface area contributed by atoms with Crippen LogP contribution in [0.4, 0.5) is 0 Å². The van der Waals surface area contributed by atoms with Crippen LogP contribution in [0, 0.1) is 0 Å². The minimum atomic E-state index is 0.611. The molecule has 2 N–H and O–H groups in total. The molecule has 0 rings (SSSR count). The Bertz CT molecular complexity index is 118. The average molecular weight is 144 g/mol. The van der Waals surface area contributed by atoms with Crippen molar-refractivity contribution in [2.24, 2.45) is 10.7 Å². The van der Waals surface area contributed by atoms with Crippen LogP contribution in [0.3, 0.4) is 0 Å². The van der Waals surface area contributed by atoms with Gasteiger partial charge in [-0.25, -0.2) is 4.99 Å². The van der Waals surface area contributed by atoms with E-state index in [1.807, 2.05) is 12.3 Å². The van der Waals surface area contributed by atoms with Gasteiger partial charge in [0.05, 0.1) is 0 Å². The number of nitrogens with zero attached hydrogens (tertiary/aromatic N) is 1. The highest BCUT2D eigenvalue weighted by Crippen LogP contribution is 1.91. The van der Waals surface area contributed by atoms with Crippen molar-refractivity contribution in [1.82, 2.24) is 0 Å². The van der Waals surface area contributed by atoms with E-state index in [2.05, 4.69) is 11.9 Å². The zero-order chi connectivity index (χ0) is 7.11. The Morgan fingerprint density at radius 3 is 2.89 bits per heavy atom. The second-order valence-corrected chi connectivity index (χ2v) is 2.29. The summed E-state index contributed by atoms with van der Waals surface area (Å²) in [5, 5.41) is 0.611. The zero-order valence-electron chi connectivity index (χ0n) is 5.79. The predicted octanol–water partition coefficient (Wildman–Crippen LogP) is 1.59. The van der Waals surface area contributed by atoms with Crippen molar-refractivity contribution >= 4 is 16.9 Å². The Balaban J connectivity index is 3.55. The molecule has 0 saturated carbocycles. The molecule has 0 aromatic heterocycles. The molecule has 0 aliphatic carbocycles. The van der Waals surface area contributed by atoms with Crippen LogP contribution in [0.15, 0.2) is 17.3 Å². The first kappa shape index (κ1) is 8.56. The average Bonchev–Trinajstić information content (AvgIpc) is 1.89. The van der Waals surface area contributed by atoms with Crippen LogP contribution in [-0.4, -0.2) is 11.4 Å². The van der Waals surface area contributed by atoms with E-state index >= 15 is 0 Å². The number of thioether (sulfide) groups is 1. The molecule has 3 heteroatoms. The van der Waals surface area contributed by atoms with Crippen LogP contribution in [-0.2, 0) is 0 Å². The van der Waals surface area contributed by atoms with Gasteiger partial charge in [0.2, 0.25) is 0 Å². The molecule has 0 atom stereocenters. The first-order valence-corrected chi connectivity index (χ1v) is 4.06. The molecule has 0 saturated heterocycles. The molecule has 0 amide bonds. The smallest absolute Gasteiger partial charge is 0.158 e. The lowest BCUT2D eigenvalue weighted by Crippen LogP contribution is -2.03. The number of hydrogen-bond donors (Lipinski definition) is 1. The summed E-state index contributed by atoms with van der Waals surface area (Å²) in [6.07, 6.45) is 6.60. The van der Waals surface area contributed by atoms with Crippen LogP contribution in [0.2, 0.25) is 0 Å². The van der Waals surface area contributed by atoms with E-state index in [0.29, 0.717) is 5.17 Å². The minimum Gasteiger partial charge on any atom is -0.378 e. The second kappa shape index (κ2) is 5.69. The van der Waals surface area contributed by atoms with Crippen LogP contribution in [0.1, 0.15) is 13.3 Å². The number of allylic oxidation sites excluding steroid dienone is 1. The molecule has 9 heavy (non-hydrogen) atoms. The minimum absolute atomic E-state index is 0.611. The molecule has 0 aromatic rings. The first-order chi connectivity index (χ1) is 4.31. The molecule has 0 aliphatic heterocycles. The van der Waals surface area contributed by atoms with Gasteiger partial charge in [0.25, 0.3) is 0 Å². The quantitative estimate of drug-likeness (QED) is 0.472. The van der Waals surface area contributed by atoms with Crippen molar-refractivity contribution in [2.75, 3.05) is 6.26 Å². The van der Waals surface area contributed by atoms with E-state index in [0.717, 1.165) is 6.42 Å². The van der Waals surface area contributed by atoms with Crippen LogP contribution in [0.5, 0.6) is 0 Å². The maximum absolute atomic E-state index is 5.38. The summed E-state index contributed by atoms with van der Waals surface area (Å²) in [7, 11) is 0. The molecular weight excluding hydrogens is 132 g/mol. The van der Waals surface area contributed by atoms with Gasteiger partial charge in [-0.3, -0.25) is 0 Å². The van der Waals surface area contributed by atoms with Gasteiger partial charge >= 0.3 is 0 Å². The fourth-order valence-corrected chi connectivity index (χ4v) is 0.451. The van der Waals surface area contributed by atoms with Gasteiger partial charge < -0.3 is 5.73 Å². The van der Waals surface area contributed by atoms with Crippen LogP contribution in [0.25, 0.3) is 0 Å². The van der Waals surface area contributed by atoms with Gasteiger partial charge in [-0.1, -0.05) is 24.8 Å². The van der Waals surface area contributed by atoms with Crippen molar-refractivity contribution < 1.29 is 0 Å². The first-order valence-electron chi connectivity index (χ1n) is 2.83. The molecular formula is C6H12N2S. The summed E-state index contributed by atoms with van der Waals surface area (Å²) in [4.78, 5) is 3.91. The number of nitrogens with two attached hydrogens (primary N) is 1. The molecule has 0 spiro atoms. The molecule has 0 aromatic carbocycles. The summed E-state index contributed by atoms with van der Waals surface area (Å²) in [6, 6.07) is 0. The van der Waals surface area contributed by atoms with Gasteiger partial charge in [-0.2, -0.15) is 0 Å². The van der Waals surface area contributed by atoms with Gasteiger partial charge in [0.1, 0.15) is 0 Å². The van der Waals surface area contributed by atoms with Crippen LogP contribution < -0.4 is 5.73 Å². The summed E-state index contributed by atoms with van der Waals surface area (Å²) in [5.74, 6) is 0. The third-order valence-corrected chi connectivity index (χ3v) is 1.28. The number of aliphatic imine (C=N–C) groups is 1. The Morgan fingerprint density at radius 2 is 2.44 bits per heavy atom. The Hall–Kier alpha value is -0.440. The fourth-order valence-electron chi connectivity index (χ4n) is 0.284. The third-order valence-electron chi connectivity index (χ3n) is 0.752. The summed E-state index contributed by atoms with van der Waals surface area (Å²) in [6.45, 7) is 2.06. The molecule has 0 unspecified atom stereocenters. The van der Waals surface area contributed by atoms with E-state index in [1.165, 1.54) is 11.8 Å². The maximum atomic E-state index is 5.38. The van der Waals surface area contributed by atoms with Gasteiger partial charge in [0, 0.05) is 6.20 Å². The summed E-state index contributed by atoms with van der Waals surface area (Å²) < 4.78 is 0. The Labute approximate surface area is 60.2 Å². The molecule has 0 heterocycles. The van der Waals surface area contributed by atoms with E-state index in [1.54, 1.807) is 6.20 Å². The largest absolute Gasteiger partial charge is 0.378 e. The third kappa shape index (κ3) is 5.43. The monoisotopic (exact) mass is 144 g/mol. The molecule has 0 bridgehead atoms. The zero-order valence-corrected chi connectivity index (χ0v) is 6.61. The lowest BCUT2D eigenvalue weighted by Gasteiger charge is -1.87. The number of rotatable bonds is 2. The SMILES string of the molecule is CC/C=C\N=C(N)SC. The van der Waals surface area contributed by atoms with Gasteiger partial charge in [0.15, 0.2) is 5.17 Å². The van der Waals surface area contributed by atoms with Gasteiger partial charge in [-0.15, -0.1) is 0 Å². The molecule has 2 nitrogen and oxygen atoms in total. The highest BCUT2D eigenvalue weighted by atomic mass is 32.2. The molecule has 0 radical (unpaired) electrons. The standard InChI is InChI=1S/C6H12N2S/c1-3-4-5-8-6(7)9-2/h4-5H,3H2,1-2H3,(H2,7,8)/b5-4-. The van der Waals surface area contributed by atoms with E-state index in [-0.39, 0.29) is 0 Å². The maximum Gasteiger partial charge on any atom is 0.158 e. The normalized spacial score (nSPS) is 12.9. The second-order valence-electron chi connectivity index (χ2n) is 1.46. The number of hydrogen-bond acceptors (Lipinski definition) is 2. The van der Waals surface area contributed by atoms with Crippen molar-refractivity contribution in [1.29, 1.82) is 0 Å². The van der Waals surface area contributed by atoms with E-state index in [4.69, 9.17) is 5.73 Å². The van der Waals surface area contributed by atoms with E-state index < -0.39 is 0 Å². The van der Waals surface area contributed by atoms with Crippen molar-refractivity contribution in [3.05, 3.63) is 12.3 Å². The van der Waals surface area contributed by atoms with Crippen molar-refractivity contribution in [3.8, 4) is 0 Å². The predicted molar refractivity (Wildman–Crippen MR) is 44.6 cm³/mol. The summed E-state index contributed by atoms with van der Waals surface area (Å²) >= 11 is 1.45. The number of amidine groups is 1. The van der Waals surface area contributed by atoms with E-state index in [9.17, 15) is 0 Å². The topological polar surface area (TPSA) is 38.4 Å². The Kier molecular flexibility index (Phi) is 5.41. The Morgan fingerprint density at radius 1 is 1.78 bits per heavy atom. The highest BCUT2D eigenvalue weighted by molar-refractivity contribution is 8.13. The van der Waals surface area contributed by atoms with Crippen molar-refractivity contribution in [2.45, 2.75) is 13.3 Å². The summed E-state index contributed by atoms with van der Waals surface area (Å²) in [5.41, 5.74) is 5.38. The molecule has 0 aliphatic rings. The van der Waals surface area contributed by atoms with Crippen LogP contribution >= 0.6 is 11.8 Å². The van der Waals surface area contributed by atoms with Gasteiger partial charge in [-0.05, 0) is 12.7 Å². The lowest BCUT2D eigenvalue weighted by molar-refractivity contribution is 1.21. The molecule has 52 valence electrons. The van der Waals surface area contributed by atoms with Crippen molar-refractivity contribution in [3.63, 3.8) is 0 Å². The highest BCUT2D eigenvalue weighted by Gasteiger charge is 1.79. The lowest BCUT2D eigenvalue weighted by atomic mass is 10.5.